The second kappa shape index (κ2) is 7.67. The molecule has 0 rings (SSSR count). The number of hydrogen-bond acceptors (Lipinski definition) is 3. The molecule has 0 heterocycles. The van der Waals surface area contributed by atoms with Crippen molar-refractivity contribution in [1.82, 2.24) is 10.2 Å². The molecule has 0 unspecified atom stereocenters. The van der Waals surface area contributed by atoms with Crippen LogP contribution in [-0.4, -0.2) is 44.0 Å². The molecule has 3 N–H and O–H groups in total. The van der Waals surface area contributed by atoms with Gasteiger partial charge in [-0.15, -0.1) is 0 Å². The van der Waals surface area contributed by atoms with E-state index in [0.29, 0.717) is 19.0 Å². The van der Waals surface area contributed by atoms with Crippen LogP contribution < -0.4 is 11.1 Å². The number of hydrogen-bond donors (Lipinski definition) is 2. The Labute approximate surface area is 106 Å². The number of amides is 1. The average molecular weight is 243 g/mol. The van der Waals surface area contributed by atoms with E-state index in [9.17, 15) is 4.79 Å². The third-order valence-corrected chi connectivity index (χ3v) is 2.84. The molecule has 17 heavy (non-hydrogen) atoms. The van der Waals surface area contributed by atoms with Gasteiger partial charge in [-0.05, 0) is 37.9 Å². The Balaban J connectivity index is 3.78. The fourth-order valence-electron chi connectivity index (χ4n) is 1.29. The molecule has 0 saturated carbocycles. The van der Waals surface area contributed by atoms with Crippen LogP contribution in [0.15, 0.2) is 0 Å². The summed E-state index contributed by atoms with van der Waals surface area (Å²) < 4.78 is 0. The van der Waals surface area contributed by atoms with E-state index in [2.05, 4.69) is 33.0 Å². The second-order valence-corrected chi connectivity index (χ2v) is 6.05. The normalized spacial score (nSPS) is 12.2. The van der Waals surface area contributed by atoms with Crippen LogP contribution >= 0.6 is 0 Å². The zero-order valence-corrected chi connectivity index (χ0v) is 12.0. The first-order valence-electron chi connectivity index (χ1n) is 6.42. The van der Waals surface area contributed by atoms with E-state index in [-0.39, 0.29) is 11.3 Å². The quantitative estimate of drug-likeness (QED) is 0.670. The first-order chi connectivity index (χ1) is 7.76. The van der Waals surface area contributed by atoms with E-state index in [1.54, 1.807) is 0 Å². The molecule has 0 aromatic heterocycles. The highest BCUT2D eigenvalue weighted by atomic mass is 16.2. The van der Waals surface area contributed by atoms with Gasteiger partial charge in [0.25, 0.3) is 0 Å². The molecular formula is C13H29N3O. The van der Waals surface area contributed by atoms with Gasteiger partial charge in [-0.1, -0.05) is 27.7 Å². The molecule has 0 fully saturated rings. The number of nitrogens with two attached hydrogens (primary N) is 1. The number of carbonyl (C=O) groups is 1. The highest BCUT2D eigenvalue weighted by Crippen LogP contribution is 2.17. The number of nitrogens with one attached hydrogen (secondary N) is 1. The van der Waals surface area contributed by atoms with Crippen LogP contribution in [0.2, 0.25) is 0 Å². The van der Waals surface area contributed by atoms with Crippen LogP contribution in [0.25, 0.3) is 0 Å². The van der Waals surface area contributed by atoms with Gasteiger partial charge < -0.3 is 11.1 Å². The van der Waals surface area contributed by atoms with Gasteiger partial charge in [-0.3, -0.25) is 9.69 Å². The molecule has 0 bridgehead atoms. The molecule has 0 spiro atoms. The molecular weight excluding hydrogens is 214 g/mol. The fourth-order valence-corrected chi connectivity index (χ4v) is 1.29. The lowest BCUT2D eigenvalue weighted by Crippen LogP contribution is -2.38. The minimum Gasteiger partial charge on any atom is -0.355 e. The van der Waals surface area contributed by atoms with Crippen molar-refractivity contribution >= 4 is 5.91 Å². The molecule has 0 aliphatic carbocycles. The molecule has 4 heteroatoms. The predicted octanol–water partition coefficient (Wildman–Crippen LogP) is 1.07. The van der Waals surface area contributed by atoms with E-state index >= 15 is 0 Å². The predicted molar refractivity (Wildman–Crippen MR) is 72.8 cm³/mol. The SMILES string of the molecule is CC(C)CNC(=O)CN(C)CCC(C)(C)CN. The molecule has 0 aromatic carbocycles. The van der Waals surface area contributed by atoms with Crippen molar-refractivity contribution in [2.75, 3.05) is 33.2 Å². The summed E-state index contributed by atoms with van der Waals surface area (Å²) in [6, 6.07) is 0. The standard InChI is InChI=1S/C13H29N3O/c1-11(2)8-15-12(17)9-16(5)7-6-13(3,4)10-14/h11H,6-10,14H2,1-5H3,(H,15,17). The number of carbonyl (C=O) groups excluding carboxylic acids is 1. The zero-order chi connectivity index (χ0) is 13.5. The lowest BCUT2D eigenvalue weighted by Gasteiger charge is -2.25. The van der Waals surface area contributed by atoms with Crippen molar-refractivity contribution in [2.45, 2.75) is 34.1 Å². The number of likely N-dealkylation sites (N-methyl/N-ethyl adjacent to an activating group) is 1. The monoisotopic (exact) mass is 243 g/mol. The summed E-state index contributed by atoms with van der Waals surface area (Å²) in [5, 5.41) is 2.92. The van der Waals surface area contributed by atoms with Crippen LogP contribution in [-0.2, 0) is 4.79 Å². The van der Waals surface area contributed by atoms with E-state index < -0.39 is 0 Å². The maximum absolute atomic E-state index is 11.6. The van der Waals surface area contributed by atoms with Crippen molar-refractivity contribution in [3.63, 3.8) is 0 Å². The molecule has 0 aromatic rings. The van der Waals surface area contributed by atoms with Gasteiger partial charge in [-0.25, -0.2) is 0 Å². The molecule has 0 atom stereocenters. The Kier molecular flexibility index (Phi) is 7.39. The average Bonchev–Trinajstić information content (AvgIpc) is 2.24. The lowest BCUT2D eigenvalue weighted by atomic mass is 9.89. The van der Waals surface area contributed by atoms with Gasteiger partial charge in [0.2, 0.25) is 5.91 Å². The minimum atomic E-state index is 0.103. The van der Waals surface area contributed by atoms with Crippen LogP contribution in [0.1, 0.15) is 34.1 Å². The third-order valence-electron chi connectivity index (χ3n) is 2.84. The molecule has 0 aliphatic rings. The smallest absolute Gasteiger partial charge is 0.234 e. The molecule has 0 radical (unpaired) electrons. The Bertz CT molecular complexity index is 227. The van der Waals surface area contributed by atoms with Gasteiger partial charge in [0.05, 0.1) is 6.54 Å². The molecule has 0 saturated heterocycles. The lowest BCUT2D eigenvalue weighted by molar-refractivity contribution is -0.122. The fraction of sp³-hybridized carbons (Fsp3) is 0.923. The molecule has 0 aliphatic heterocycles. The van der Waals surface area contributed by atoms with Gasteiger partial charge in [0.1, 0.15) is 0 Å². The van der Waals surface area contributed by atoms with Gasteiger partial charge in [0, 0.05) is 6.54 Å². The Morgan fingerprint density at radius 3 is 2.47 bits per heavy atom. The largest absolute Gasteiger partial charge is 0.355 e. The highest BCUT2D eigenvalue weighted by molar-refractivity contribution is 5.77. The molecule has 4 nitrogen and oxygen atoms in total. The van der Waals surface area contributed by atoms with Crippen LogP contribution in [0.5, 0.6) is 0 Å². The Morgan fingerprint density at radius 1 is 1.41 bits per heavy atom. The van der Waals surface area contributed by atoms with Crippen molar-refractivity contribution in [1.29, 1.82) is 0 Å². The highest BCUT2D eigenvalue weighted by Gasteiger charge is 2.16. The summed E-state index contributed by atoms with van der Waals surface area (Å²) in [5.41, 5.74) is 5.83. The summed E-state index contributed by atoms with van der Waals surface area (Å²) in [5.74, 6) is 0.604. The minimum absolute atomic E-state index is 0.103. The molecule has 102 valence electrons. The zero-order valence-electron chi connectivity index (χ0n) is 12.0. The summed E-state index contributed by atoms with van der Waals surface area (Å²) in [4.78, 5) is 13.6. The Hall–Kier alpha value is -0.610. The van der Waals surface area contributed by atoms with E-state index in [1.807, 2.05) is 11.9 Å². The first-order valence-corrected chi connectivity index (χ1v) is 6.42. The van der Waals surface area contributed by atoms with Gasteiger partial charge >= 0.3 is 0 Å². The van der Waals surface area contributed by atoms with Crippen molar-refractivity contribution < 1.29 is 4.79 Å². The summed E-state index contributed by atoms with van der Waals surface area (Å²) in [6.07, 6.45) is 1.01. The summed E-state index contributed by atoms with van der Waals surface area (Å²) in [6.45, 7) is 11.3. The summed E-state index contributed by atoms with van der Waals surface area (Å²) in [7, 11) is 1.97. The second-order valence-electron chi connectivity index (χ2n) is 6.05. The van der Waals surface area contributed by atoms with Crippen LogP contribution in [0.4, 0.5) is 0 Å². The number of rotatable bonds is 8. The van der Waals surface area contributed by atoms with Gasteiger partial charge in [0.15, 0.2) is 0 Å². The Morgan fingerprint density at radius 2 is 2.00 bits per heavy atom. The first kappa shape index (κ1) is 16.4. The molecule has 1 amide bonds. The van der Waals surface area contributed by atoms with Crippen LogP contribution in [0, 0.1) is 11.3 Å². The maximum Gasteiger partial charge on any atom is 0.234 e. The van der Waals surface area contributed by atoms with Gasteiger partial charge in [-0.2, -0.15) is 0 Å². The maximum atomic E-state index is 11.6. The van der Waals surface area contributed by atoms with Crippen LogP contribution in [0.3, 0.4) is 0 Å². The third kappa shape index (κ3) is 9.12. The summed E-state index contributed by atoms with van der Waals surface area (Å²) >= 11 is 0. The van der Waals surface area contributed by atoms with Crippen molar-refractivity contribution in [3.8, 4) is 0 Å². The van der Waals surface area contributed by atoms with Crippen molar-refractivity contribution in [2.24, 2.45) is 17.1 Å². The van der Waals surface area contributed by atoms with E-state index in [4.69, 9.17) is 5.73 Å². The van der Waals surface area contributed by atoms with Crippen molar-refractivity contribution in [3.05, 3.63) is 0 Å². The topological polar surface area (TPSA) is 58.4 Å². The number of nitrogens with zero attached hydrogens (tertiary/aromatic N) is 1. The van der Waals surface area contributed by atoms with E-state index in [1.165, 1.54) is 0 Å². The van der Waals surface area contributed by atoms with E-state index in [0.717, 1.165) is 19.5 Å².